The van der Waals surface area contributed by atoms with E-state index >= 15 is 0 Å². The quantitative estimate of drug-likeness (QED) is 0.589. The minimum atomic E-state index is -0.125. The van der Waals surface area contributed by atoms with Crippen molar-refractivity contribution in [2.75, 3.05) is 26.7 Å². The summed E-state index contributed by atoms with van der Waals surface area (Å²) in [5.41, 5.74) is 0. The molecule has 0 spiro atoms. The zero-order chi connectivity index (χ0) is 11.0. The molecule has 14 heavy (non-hydrogen) atoms. The Hall–Kier alpha value is -0.570. The molecule has 0 atom stereocenters. The van der Waals surface area contributed by atoms with Gasteiger partial charge in [-0.3, -0.25) is 9.69 Å². The van der Waals surface area contributed by atoms with E-state index in [1.807, 2.05) is 18.9 Å². The van der Waals surface area contributed by atoms with Gasteiger partial charge in [-0.25, -0.2) is 0 Å². The standard InChI is InChI=1S/C11H23NO2/c1-5-14-11(13)9-12(4)8-6-7-10(2)3/h10H,5-9H2,1-4H3. The average Bonchev–Trinajstić information content (AvgIpc) is 2.03. The van der Waals surface area contributed by atoms with Crippen molar-refractivity contribution in [3.8, 4) is 0 Å². The van der Waals surface area contributed by atoms with Crippen LogP contribution in [0.1, 0.15) is 33.6 Å². The van der Waals surface area contributed by atoms with Gasteiger partial charge < -0.3 is 4.74 Å². The highest BCUT2D eigenvalue weighted by Gasteiger charge is 2.06. The van der Waals surface area contributed by atoms with Crippen molar-refractivity contribution in [1.82, 2.24) is 4.90 Å². The number of esters is 1. The summed E-state index contributed by atoms with van der Waals surface area (Å²) in [5.74, 6) is 0.616. The SMILES string of the molecule is CCOC(=O)CN(C)CCCC(C)C. The first-order valence-electron chi connectivity index (χ1n) is 5.40. The molecule has 0 radical (unpaired) electrons. The second-order valence-electron chi connectivity index (χ2n) is 4.08. The lowest BCUT2D eigenvalue weighted by Crippen LogP contribution is -2.28. The van der Waals surface area contributed by atoms with Crippen molar-refractivity contribution in [1.29, 1.82) is 0 Å². The van der Waals surface area contributed by atoms with E-state index < -0.39 is 0 Å². The molecule has 0 aliphatic heterocycles. The van der Waals surface area contributed by atoms with Gasteiger partial charge in [-0.05, 0) is 39.3 Å². The second kappa shape index (κ2) is 7.80. The van der Waals surface area contributed by atoms with Crippen molar-refractivity contribution in [2.45, 2.75) is 33.6 Å². The Morgan fingerprint density at radius 2 is 2.07 bits per heavy atom. The van der Waals surface area contributed by atoms with Crippen molar-refractivity contribution < 1.29 is 9.53 Å². The molecule has 0 heterocycles. The normalized spacial score (nSPS) is 11.0. The maximum absolute atomic E-state index is 11.1. The van der Waals surface area contributed by atoms with Crippen LogP contribution in [0.3, 0.4) is 0 Å². The molecular weight excluding hydrogens is 178 g/mol. The van der Waals surface area contributed by atoms with E-state index in [1.54, 1.807) is 0 Å². The summed E-state index contributed by atoms with van der Waals surface area (Å²) in [7, 11) is 1.96. The van der Waals surface area contributed by atoms with E-state index in [2.05, 4.69) is 13.8 Å². The van der Waals surface area contributed by atoms with Crippen LogP contribution >= 0.6 is 0 Å². The van der Waals surface area contributed by atoms with Crippen molar-refractivity contribution in [3.63, 3.8) is 0 Å². The first kappa shape index (κ1) is 13.4. The molecule has 84 valence electrons. The molecule has 0 N–H and O–H groups in total. The molecule has 0 aromatic carbocycles. The van der Waals surface area contributed by atoms with E-state index in [-0.39, 0.29) is 5.97 Å². The Morgan fingerprint density at radius 3 is 2.57 bits per heavy atom. The Morgan fingerprint density at radius 1 is 1.43 bits per heavy atom. The molecule has 0 fully saturated rings. The third kappa shape index (κ3) is 8.05. The lowest BCUT2D eigenvalue weighted by molar-refractivity contribution is -0.144. The smallest absolute Gasteiger partial charge is 0.320 e. The molecule has 0 aliphatic carbocycles. The lowest BCUT2D eigenvalue weighted by Gasteiger charge is -2.15. The van der Waals surface area contributed by atoms with E-state index in [9.17, 15) is 4.79 Å². The maximum atomic E-state index is 11.1. The van der Waals surface area contributed by atoms with E-state index in [0.717, 1.165) is 18.9 Å². The summed E-state index contributed by atoms with van der Waals surface area (Å²) in [6.45, 7) is 8.11. The van der Waals surface area contributed by atoms with Gasteiger partial charge >= 0.3 is 5.97 Å². The predicted molar refractivity (Wildman–Crippen MR) is 58.2 cm³/mol. The van der Waals surface area contributed by atoms with Gasteiger partial charge in [-0.15, -0.1) is 0 Å². The molecule has 0 aromatic rings. The molecule has 3 nitrogen and oxygen atoms in total. The number of rotatable bonds is 7. The van der Waals surface area contributed by atoms with Gasteiger partial charge in [0.05, 0.1) is 13.2 Å². The van der Waals surface area contributed by atoms with E-state index in [4.69, 9.17) is 4.74 Å². The molecule has 0 aliphatic rings. The highest BCUT2D eigenvalue weighted by Crippen LogP contribution is 2.03. The molecule has 0 saturated heterocycles. The van der Waals surface area contributed by atoms with Crippen LogP contribution < -0.4 is 0 Å². The van der Waals surface area contributed by atoms with Crippen molar-refractivity contribution in [3.05, 3.63) is 0 Å². The number of carbonyl (C=O) groups excluding carboxylic acids is 1. The monoisotopic (exact) mass is 201 g/mol. The van der Waals surface area contributed by atoms with Gasteiger partial charge in [0.2, 0.25) is 0 Å². The largest absolute Gasteiger partial charge is 0.465 e. The Bertz CT molecular complexity index is 157. The van der Waals surface area contributed by atoms with Gasteiger partial charge in [0.15, 0.2) is 0 Å². The van der Waals surface area contributed by atoms with Crippen LogP contribution in [0.4, 0.5) is 0 Å². The summed E-state index contributed by atoms with van der Waals surface area (Å²) in [6.07, 6.45) is 2.36. The average molecular weight is 201 g/mol. The fourth-order valence-corrected chi connectivity index (χ4v) is 1.28. The van der Waals surface area contributed by atoms with Gasteiger partial charge in [-0.2, -0.15) is 0 Å². The number of ether oxygens (including phenoxy) is 1. The van der Waals surface area contributed by atoms with Crippen LogP contribution in [0.25, 0.3) is 0 Å². The van der Waals surface area contributed by atoms with Crippen LogP contribution in [0.2, 0.25) is 0 Å². The summed E-state index contributed by atoms with van der Waals surface area (Å²) >= 11 is 0. The summed E-state index contributed by atoms with van der Waals surface area (Å²) in [5, 5.41) is 0. The Kier molecular flexibility index (Phi) is 7.48. The topological polar surface area (TPSA) is 29.5 Å². The fourth-order valence-electron chi connectivity index (χ4n) is 1.28. The predicted octanol–water partition coefficient (Wildman–Crippen LogP) is 1.92. The first-order valence-corrected chi connectivity index (χ1v) is 5.40. The minimum Gasteiger partial charge on any atom is -0.465 e. The molecule has 0 saturated carbocycles. The number of nitrogens with zero attached hydrogens (tertiary/aromatic N) is 1. The summed E-state index contributed by atoms with van der Waals surface area (Å²) in [6, 6.07) is 0. The highest BCUT2D eigenvalue weighted by atomic mass is 16.5. The molecular formula is C11H23NO2. The van der Waals surface area contributed by atoms with E-state index in [1.165, 1.54) is 6.42 Å². The van der Waals surface area contributed by atoms with Crippen LogP contribution in [0.15, 0.2) is 0 Å². The Balaban J connectivity index is 3.44. The van der Waals surface area contributed by atoms with Crippen LogP contribution in [0.5, 0.6) is 0 Å². The van der Waals surface area contributed by atoms with Gasteiger partial charge in [-0.1, -0.05) is 13.8 Å². The van der Waals surface area contributed by atoms with Gasteiger partial charge in [0, 0.05) is 0 Å². The highest BCUT2D eigenvalue weighted by molar-refractivity contribution is 5.71. The third-order valence-corrected chi connectivity index (χ3v) is 2.03. The van der Waals surface area contributed by atoms with Gasteiger partial charge in [0.1, 0.15) is 0 Å². The summed E-state index contributed by atoms with van der Waals surface area (Å²) < 4.78 is 4.86. The molecule has 0 aromatic heterocycles. The number of hydrogen-bond acceptors (Lipinski definition) is 3. The van der Waals surface area contributed by atoms with Crippen molar-refractivity contribution in [2.24, 2.45) is 5.92 Å². The van der Waals surface area contributed by atoms with Crippen LogP contribution in [-0.4, -0.2) is 37.6 Å². The number of likely N-dealkylation sites (N-methyl/N-ethyl adjacent to an activating group) is 1. The van der Waals surface area contributed by atoms with Gasteiger partial charge in [0.25, 0.3) is 0 Å². The zero-order valence-electron chi connectivity index (χ0n) is 9.88. The first-order chi connectivity index (χ1) is 6.56. The molecule has 3 heteroatoms. The maximum Gasteiger partial charge on any atom is 0.320 e. The second-order valence-corrected chi connectivity index (χ2v) is 4.08. The fraction of sp³-hybridized carbons (Fsp3) is 0.909. The van der Waals surface area contributed by atoms with Crippen LogP contribution in [-0.2, 0) is 9.53 Å². The minimum absolute atomic E-state index is 0.125. The molecule has 0 rings (SSSR count). The summed E-state index contributed by atoms with van der Waals surface area (Å²) in [4.78, 5) is 13.1. The lowest BCUT2D eigenvalue weighted by atomic mass is 10.1. The molecule has 0 amide bonds. The van der Waals surface area contributed by atoms with Crippen LogP contribution in [0, 0.1) is 5.92 Å². The van der Waals surface area contributed by atoms with Crippen molar-refractivity contribution >= 4 is 5.97 Å². The third-order valence-electron chi connectivity index (χ3n) is 2.03. The Labute approximate surface area is 87.4 Å². The molecule has 0 bridgehead atoms. The molecule has 0 unspecified atom stereocenters. The van der Waals surface area contributed by atoms with E-state index in [0.29, 0.717) is 13.2 Å². The zero-order valence-corrected chi connectivity index (χ0v) is 9.88. The number of carbonyl (C=O) groups is 1. The number of hydrogen-bond donors (Lipinski definition) is 0.